The van der Waals surface area contributed by atoms with E-state index in [-0.39, 0.29) is 24.1 Å². The number of carbonyl (C=O) groups is 3. The molecule has 3 N–H and O–H groups in total. The fourth-order valence-corrected chi connectivity index (χ4v) is 2.65. The zero-order chi connectivity index (χ0) is 18.2. The molecule has 0 aliphatic carbocycles. The molecular formula is C17H24N4O4. The Morgan fingerprint density at radius 3 is 2.40 bits per heavy atom. The molecule has 0 radical (unpaired) electrons. The molecule has 1 aromatic carbocycles. The van der Waals surface area contributed by atoms with Crippen molar-refractivity contribution in [3.63, 3.8) is 0 Å². The van der Waals surface area contributed by atoms with Crippen molar-refractivity contribution in [2.45, 2.75) is 32.7 Å². The molecule has 0 saturated carbocycles. The Morgan fingerprint density at radius 2 is 1.80 bits per heavy atom. The van der Waals surface area contributed by atoms with Crippen LogP contribution in [-0.4, -0.2) is 48.7 Å². The number of benzene rings is 1. The Hall–Kier alpha value is -2.77. The molecule has 1 heterocycles. The van der Waals surface area contributed by atoms with Crippen LogP contribution in [0.5, 0.6) is 0 Å². The molecule has 0 spiro atoms. The van der Waals surface area contributed by atoms with Gasteiger partial charge < -0.3 is 25.6 Å². The van der Waals surface area contributed by atoms with E-state index in [1.165, 1.54) is 6.92 Å². The first kappa shape index (κ1) is 18.6. The van der Waals surface area contributed by atoms with Gasteiger partial charge in [0.2, 0.25) is 5.91 Å². The number of anilines is 2. The number of nitrogens with zero attached hydrogens (tertiary/aromatic N) is 1. The average Bonchev–Trinajstić information content (AvgIpc) is 2.55. The lowest BCUT2D eigenvalue weighted by Crippen LogP contribution is -2.47. The van der Waals surface area contributed by atoms with Crippen LogP contribution in [0, 0.1) is 0 Å². The third-order valence-corrected chi connectivity index (χ3v) is 3.80. The maximum Gasteiger partial charge on any atom is 0.409 e. The molecule has 25 heavy (non-hydrogen) atoms. The Morgan fingerprint density at radius 1 is 1.16 bits per heavy atom. The van der Waals surface area contributed by atoms with Gasteiger partial charge in [-0.2, -0.15) is 0 Å². The fourth-order valence-electron chi connectivity index (χ4n) is 2.65. The highest BCUT2D eigenvalue weighted by molar-refractivity contribution is 5.92. The lowest BCUT2D eigenvalue weighted by atomic mass is 10.1. The van der Waals surface area contributed by atoms with Gasteiger partial charge >= 0.3 is 12.1 Å². The average molecular weight is 348 g/mol. The molecule has 0 atom stereocenters. The summed E-state index contributed by atoms with van der Waals surface area (Å²) in [6.45, 7) is 4.67. The van der Waals surface area contributed by atoms with Gasteiger partial charge in [0, 0.05) is 37.4 Å². The van der Waals surface area contributed by atoms with Crippen LogP contribution in [-0.2, 0) is 9.53 Å². The first-order valence-electron chi connectivity index (χ1n) is 8.34. The van der Waals surface area contributed by atoms with Gasteiger partial charge in [0.1, 0.15) is 0 Å². The van der Waals surface area contributed by atoms with E-state index < -0.39 is 0 Å². The van der Waals surface area contributed by atoms with Crippen molar-refractivity contribution >= 4 is 29.4 Å². The third kappa shape index (κ3) is 5.98. The quantitative estimate of drug-likeness (QED) is 0.778. The van der Waals surface area contributed by atoms with E-state index in [1.807, 2.05) is 0 Å². The molecule has 2 rings (SSSR count). The summed E-state index contributed by atoms with van der Waals surface area (Å²) in [5, 5.41) is 8.32. The van der Waals surface area contributed by atoms with Gasteiger partial charge in [-0.05, 0) is 38.0 Å². The minimum Gasteiger partial charge on any atom is -0.450 e. The lowest BCUT2D eigenvalue weighted by molar-refractivity contribution is -0.114. The Labute approximate surface area is 146 Å². The first-order valence-corrected chi connectivity index (χ1v) is 8.34. The minimum atomic E-state index is -0.311. The number of nitrogens with one attached hydrogen (secondary N) is 3. The normalized spacial score (nSPS) is 14.6. The van der Waals surface area contributed by atoms with E-state index >= 15 is 0 Å². The van der Waals surface area contributed by atoms with E-state index in [0.29, 0.717) is 43.9 Å². The topological polar surface area (TPSA) is 99.8 Å². The number of ether oxygens (including phenoxy) is 1. The first-order chi connectivity index (χ1) is 12.0. The van der Waals surface area contributed by atoms with Crippen molar-refractivity contribution < 1.29 is 19.1 Å². The highest BCUT2D eigenvalue weighted by Gasteiger charge is 2.24. The van der Waals surface area contributed by atoms with Crippen molar-refractivity contribution in [3.05, 3.63) is 24.3 Å². The van der Waals surface area contributed by atoms with Crippen LogP contribution in [0.2, 0.25) is 0 Å². The highest BCUT2D eigenvalue weighted by Crippen LogP contribution is 2.16. The number of hydrogen-bond donors (Lipinski definition) is 3. The second-order valence-corrected chi connectivity index (χ2v) is 5.82. The number of amides is 4. The van der Waals surface area contributed by atoms with Crippen LogP contribution in [0.15, 0.2) is 24.3 Å². The summed E-state index contributed by atoms with van der Waals surface area (Å²) >= 11 is 0. The van der Waals surface area contributed by atoms with E-state index in [9.17, 15) is 14.4 Å². The van der Waals surface area contributed by atoms with Gasteiger partial charge in [-0.1, -0.05) is 6.07 Å². The monoisotopic (exact) mass is 348 g/mol. The largest absolute Gasteiger partial charge is 0.450 e. The van der Waals surface area contributed by atoms with Crippen molar-refractivity contribution in [2.24, 2.45) is 0 Å². The summed E-state index contributed by atoms with van der Waals surface area (Å²) in [6.07, 6.45) is 1.05. The minimum absolute atomic E-state index is 0.00389. The van der Waals surface area contributed by atoms with Gasteiger partial charge in [0.25, 0.3) is 0 Å². The van der Waals surface area contributed by atoms with Crippen LogP contribution in [0.3, 0.4) is 0 Å². The van der Waals surface area contributed by atoms with Crippen LogP contribution in [0.1, 0.15) is 26.7 Å². The zero-order valence-corrected chi connectivity index (χ0v) is 14.5. The van der Waals surface area contributed by atoms with Crippen LogP contribution >= 0.6 is 0 Å². The molecule has 8 heteroatoms. The molecule has 0 aromatic heterocycles. The molecule has 4 amide bonds. The predicted octanol–water partition coefficient (Wildman–Crippen LogP) is 2.39. The molecule has 1 fully saturated rings. The maximum atomic E-state index is 12.1. The predicted molar refractivity (Wildman–Crippen MR) is 94.5 cm³/mol. The zero-order valence-electron chi connectivity index (χ0n) is 14.5. The summed E-state index contributed by atoms with van der Waals surface area (Å²) in [4.78, 5) is 36.5. The standard InChI is InChI=1S/C17H24N4O4/c1-3-25-17(24)21-9-7-13(8-10-21)19-16(23)20-15-6-4-5-14(11-15)18-12(2)22/h4-6,11,13H,3,7-10H2,1-2H3,(H,18,22)(H2,19,20,23). The molecular weight excluding hydrogens is 324 g/mol. The highest BCUT2D eigenvalue weighted by atomic mass is 16.6. The molecule has 8 nitrogen and oxygen atoms in total. The van der Waals surface area contributed by atoms with E-state index in [1.54, 1.807) is 36.1 Å². The Kier molecular flexibility index (Phi) is 6.62. The van der Waals surface area contributed by atoms with Crippen molar-refractivity contribution in [3.8, 4) is 0 Å². The van der Waals surface area contributed by atoms with Crippen LogP contribution in [0.25, 0.3) is 0 Å². The van der Waals surface area contributed by atoms with Crippen molar-refractivity contribution in [1.29, 1.82) is 0 Å². The second kappa shape index (κ2) is 8.91. The van der Waals surface area contributed by atoms with Gasteiger partial charge in [0.15, 0.2) is 0 Å². The number of rotatable bonds is 4. The molecule has 1 aliphatic heterocycles. The maximum absolute atomic E-state index is 12.1. The van der Waals surface area contributed by atoms with Gasteiger partial charge in [-0.25, -0.2) is 9.59 Å². The number of hydrogen-bond acceptors (Lipinski definition) is 4. The Bertz CT molecular complexity index is 627. The van der Waals surface area contributed by atoms with Crippen LogP contribution in [0.4, 0.5) is 21.0 Å². The van der Waals surface area contributed by atoms with Gasteiger partial charge in [-0.15, -0.1) is 0 Å². The summed E-state index contributed by atoms with van der Waals surface area (Å²) < 4.78 is 4.97. The van der Waals surface area contributed by atoms with E-state index in [2.05, 4.69) is 16.0 Å². The second-order valence-electron chi connectivity index (χ2n) is 5.82. The lowest BCUT2D eigenvalue weighted by Gasteiger charge is -2.31. The summed E-state index contributed by atoms with van der Waals surface area (Å²) in [5.41, 5.74) is 1.21. The summed E-state index contributed by atoms with van der Waals surface area (Å²) in [6, 6.07) is 6.62. The van der Waals surface area contributed by atoms with Crippen LogP contribution < -0.4 is 16.0 Å². The smallest absolute Gasteiger partial charge is 0.409 e. The van der Waals surface area contributed by atoms with Crippen molar-refractivity contribution in [2.75, 3.05) is 30.3 Å². The van der Waals surface area contributed by atoms with Crippen molar-refractivity contribution in [1.82, 2.24) is 10.2 Å². The SMILES string of the molecule is CCOC(=O)N1CCC(NC(=O)Nc2cccc(NC(C)=O)c2)CC1. The molecule has 1 aromatic rings. The molecule has 0 bridgehead atoms. The number of carbonyl (C=O) groups excluding carboxylic acids is 3. The number of likely N-dealkylation sites (tertiary alicyclic amines) is 1. The summed E-state index contributed by atoms with van der Waals surface area (Å²) in [7, 11) is 0. The third-order valence-electron chi connectivity index (χ3n) is 3.80. The fraction of sp³-hybridized carbons (Fsp3) is 0.471. The number of piperidine rings is 1. The molecule has 1 saturated heterocycles. The molecule has 1 aliphatic rings. The molecule has 0 unspecified atom stereocenters. The Balaban J connectivity index is 1.79. The van der Waals surface area contributed by atoms with Gasteiger partial charge in [-0.3, -0.25) is 4.79 Å². The van der Waals surface area contributed by atoms with E-state index in [4.69, 9.17) is 4.74 Å². The summed E-state index contributed by atoms with van der Waals surface area (Å²) in [5.74, 6) is -0.171. The van der Waals surface area contributed by atoms with E-state index in [0.717, 1.165) is 0 Å². The number of urea groups is 1. The van der Waals surface area contributed by atoms with Gasteiger partial charge in [0.05, 0.1) is 6.61 Å². The molecule has 136 valence electrons.